The molecule has 0 aromatic rings. The Kier molecular flexibility index (Phi) is 4.57. The lowest BCUT2D eigenvalue weighted by Crippen LogP contribution is -2.60. The molecule has 22 heavy (non-hydrogen) atoms. The maximum Gasteiger partial charge on any atom is 0.335 e. The highest BCUT2D eigenvalue weighted by atomic mass is 19.1. The van der Waals surface area contributed by atoms with Crippen molar-refractivity contribution in [1.82, 2.24) is 10.2 Å². The third-order valence-corrected chi connectivity index (χ3v) is 4.42. The lowest BCUT2D eigenvalue weighted by molar-refractivity contribution is -0.133. The zero-order valence-electron chi connectivity index (χ0n) is 12.6. The van der Waals surface area contributed by atoms with Crippen LogP contribution in [-0.4, -0.2) is 39.9 Å². The Labute approximate surface area is 128 Å². The Morgan fingerprint density at radius 3 is 2.73 bits per heavy atom. The van der Waals surface area contributed by atoms with Gasteiger partial charge in [0.25, 0.3) is 0 Å². The number of allylic oxidation sites excluding steroid dienone is 2. The molecule has 0 amide bonds. The first kappa shape index (κ1) is 16.5. The van der Waals surface area contributed by atoms with Crippen LogP contribution in [-0.2, 0) is 4.79 Å². The third kappa shape index (κ3) is 3.00. The van der Waals surface area contributed by atoms with E-state index in [2.05, 4.69) is 11.2 Å². The molecule has 6 heteroatoms. The first-order chi connectivity index (χ1) is 10.3. The van der Waals surface area contributed by atoms with Gasteiger partial charge in [0.1, 0.15) is 18.2 Å². The van der Waals surface area contributed by atoms with Crippen molar-refractivity contribution in [3.05, 3.63) is 23.7 Å². The molecule has 0 spiro atoms. The zero-order valence-corrected chi connectivity index (χ0v) is 12.6. The van der Waals surface area contributed by atoms with Gasteiger partial charge in [-0.15, -0.1) is 6.42 Å². The Hall–Kier alpha value is -1.87. The number of hydrogen-bond acceptors (Lipinski definition) is 3. The van der Waals surface area contributed by atoms with Gasteiger partial charge in [0.2, 0.25) is 0 Å². The molecule has 1 fully saturated rings. The van der Waals surface area contributed by atoms with Gasteiger partial charge in [-0.2, -0.15) is 0 Å². The molecule has 1 aliphatic carbocycles. The van der Waals surface area contributed by atoms with Crippen molar-refractivity contribution < 1.29 is 18.7 Å². The fraction of sp³-hybridized carbons (Fsp3) is 0.562. The van der Waals surface area contributed by atoms with Crippen LogP contribution in [0.25, 0.3) is 0 Å². The van der Waals surface area contributed by atoms with Gasteiger partial charge in [0, 0.05) is 12.2 Å². The lowest BCUT2D eigenvalue weighted by atomic mass is 9.88. The van der Waals surface area contributed by atoms with E-state index in [0.717, 1.165) is 6.08 Å². The molecule has 0 saturated heterocycles. The van der Waals surface area contributed by atoms with E-state index in [1.165, 1.54) is 11.1 Å². The average Bonchev–Trinajstić information content (AvgIpc) is 2.45. The number of hydrogen-bond donors (Lipinski definition) is 2. The molecule has 0 aromatic heterocycles. The van der Waals surface area contributed by atoms with E-state index >= 15 is 0 Å². The van der Waals surface area contributed by atoms with Crippen molar-refractivity contribution in [2.75, 3.05) is 0 Å². The molecule has 1 heterocycles. The number of carboxylic acids is 1. The summed E-state index contributed by atoms with van der Waals surface area (Å²) in [6.45, 7) is 3.59. The van der Waals surface area contributed by atoms with Gasteiger partial charge in [-0.25, -0.2) is 13.6 Å². The molecule has 2 N–H and O–H groups in total. The van der Waals surface area contributed by atoms with Crippen LogP contribution in [0.4, 0.5) is 8.78 Å². The summed E-state index contributed by atoms with van der Waals surface area (Å²) in [5.41, 5.74) is -0.972. The summed E-state index contributed by atoms with van der Waals surface area (Å²) >= 11 is 0. The molecule has 2 atom stereocenters. The van der Waals surface area contributed by atoms with Gasteiger partial charge in [-0.1, -0.05) is 12.8 Å². The first-order valence-electron chi connectivity index (χ1n) is 7.29. The third-order valence-electron chi connectivity index (χ3n) is 4.42. The van der Waals surface area contributed by atoms with E-state index in [0.29, 0.717) is 19.3 Å². The Morgan fingerprint density at radius 2 is 2.27 bits per heavy atom. The molecule has 1 saturated carbocycles. The van der Waals surface area contributed by atoms with Crippen molar-refractivity contribution in [3.8, 4) is 12.3 Å². The number of carbonyl (C=O) groups is 1. The minimum atomic E-state index is -1.22. The number of alkyl halides is 1. The summed E-state index contributed by atoms with van der Waals surface area (Å²) in [7, 11) is 0. The van der Waals surface area contributed by atoms with E-state index in [4.69, 9.17) is 6.42 Å². The summed E-state index contributed by atoms with van der Waals surface area (Å²) in [6, 6.07) is -0.140. The summed E-state index contributed by atoms with van der Waals surface area (Å²) in [5, 5.41) is 12.4. The van der Waals surface area contributed by atoms with Crippen molar-refractivity contribution in [3.63, 3.8) is 0 Å². The van der Waals surface area contributed by atoms with E-state index in [9.17, 15) is 18.7 Å². The van der Waals surface area contributed by atoms with Crippen LogP contribution in [0.15, 0.2) is 23.7 Å². The molecular formula is C16H20F2N2O2. The van der Waals surface area contributed by atoms with Crippen LogP contribution in [0.3, 0.4) is 0 Å². The number of terminal acetylenes is 1. The SMILES string of the molecule is C#CC(C)(CC)N1C=C(F)C=C(C(=O)O)C1N[C@H]1C[C@@H](F)C1. The Bertz CT molecular complexity index is 561. The monoisotopic (exact) mass is 310 g/mol. The topological polar surface area (TPSA) is 52.6 Å². The molecule has 4 nitrogen and oxygen atoms in total. The van der Waals surface area contributed by atoms with E-state index < -0.39 is 29.7 Å². The quantitative estimate of drug-likeness (QED) is 0.765. The molecule has 0 radical (unpaired) electrons. The molecule has 0 aromatic carbocycles. The van der Waals surface area contributed by atoms with Crippen LogP contribution in [0.1, 0.15) is 33.1 Å². The molecule has 2 unspecified atom stereocenters. The van der Waals surface area contributed by atoms with E-state index in [1.54, 1.807) is 6.92 Å². The first-order valence-corrected chi connectivity index (χ1v) is 7.29. The van der Waals surface area contributed by atoms with Crippen LogP contribution in [0.2, 0.25) is 0 Å². The number of nitrogens with zero attached hydrogens (tertiary/aromatic N) is 1. The molecule has 1 aliphatic heterocycles. The summed E-state index contributed by atoms with van der Waals surface area (Å²) < 4.78 is 26.9. The molecular weight excluding hydrogens is 290 g/mol. The second-order valence-electron chi connectivity index (χ2n) is 5.93. The fourth-order valence-corrected chi connectivity index (χ4v) is 2.67. The van der Waals surface area contributed by atoms with Crippen molar-refractivity contribution in [2.45, 2.75) is 57.0 Å². The standard InChI is InChI=1S/C16H20F2N2O2/c1-4-16(3,5-2)20-9-11(18)8-13(15(21)22)14(20)19-12-6-10(17)7-12/h1,8-10,12,14,19H,5-7H2,2-3H3,(H,21,22)/t10-,12+,14?,16?. The van der Waals surface area contributed by atoms with Crippen LogP contribution in [0.5, 0.6) is 0 Å². The molecule has 2 rings (SSSR count). The van der Waals surface area contributed by atoms with Gasteiger partial charge in [-0.3, -0.25) is 5.32 Å². The highest BCUT2D eigenvalue weighted by Gasteiger charge is 2.41. The molecule has 0 bridgehead atoms. The van der Waals surface area contributed by atoms with E-state index in [-0.39, 0.29) is 11.6 Å². The Morgan fingerprint density at radius 1 is 1.64 bits per heavy atom. The number of aliphatic carboxylic acids is 1. The van der Waals surface area contributed by atoms with Gasteiger partial charge < -0.3 is 10.0 Å². The minimum absolute atomic E-state index is 0.128. The van der Waals surface area contributed by atoms with Crippen molar-refractivity contribution in [2.24, 2.45) is 0 Å². The number of rotatable bonds is 5. The second-order valence-corrected chi connectivity index (χ2v) is 5.93. The average molecular weight is 310 g/mol. The second kappa shape index (κ2) is 6.09. The van der Waals surface area contributed by atoms with E-state index in [1.807, 2.05) is 6.92 Å². The van der Waals surface area contributed by atoms with Gasteiger partial charge in [0.15, 0.2) is 0 Å². The zero-order chi connectivity index (χ0) is 16.5. The van der Waals surface area contributed by atoms with Gasteiger partial charge in [-0.05, 0) is 32.3 Å². The minimum Gasteiger partial charge on any atom is -0.478 e. The Balaban J connectivity index is 2.34. The largest absolute Gasteiger partial charge is 0.478 e. The normalized spacial score (nSPS) is 30.5. The summed E-state index contributed by atoms with van der Waals surface area (Å²) in [4.78, 5) is 13.0. The maximum atomic E-state index is 13.8. The fourth-order valence-electron chi connectivity index (χ4n) is 2.67. The highest BCUT2D eigenvalue weighted by Crippen LogP contribution is 2.32. The molecule has 120 valence electrons. The maximum absolute atomic E-state index is 13.8. The van der Waals surface area contributed by atoms with Crippen LogP contribution in [0, 0.1) is 12.3 Å². The van der Waals surface area contributed by atoms with Crippen molar-refractivity contribution in [1.29, 1.82) is 0 Å². The predicted octanol–water partition coefficient (Wildman–Crippen LogP) is 2.34. The number of carboxylic acid groups (broad SMARTS) is 1. The molecule has 2 aliphatic rings. The summed E-state index contributed by atoms with van der Waals surface area (Å²) in [5.74, 6) is 0.717. The van der Waals surface area contributed by atoms with Crippen LogP contribution >= 0.6 is 0 Å². The van der Waals surface area contributed by atoms with Crippen LogP contribution < -0.4 is 5.32 Å². The highest BCUT2D eigenvalue weighted by molar-refractivity contribution is 5.89. The lowest BCUT2D eigenvalue weighted by Gasteiger charge is -2.46. The van der Waals surface area contributed by atoms with Crippen molar-refractivity contribution >= 4 is 5.97 Å². The van der Waals surface area contributed by atoms with Gasteiger partial charge >= 0.3 is 5.97 Å². The number of halogens is 2. The number of nitrogens with one attached hydrogen (secondary N) is 1. The predicted molar refractivity (Wildman–Crippen MR) is 79.1 cm³/mol. The summed E-state index contributed by atoms with van der Waals surface area (Å²) in [6.07, 6.45) is 7.28. The van der Waals surface area contributed by atoms with Gasteiger partial charge in [0.05, 0.1) is 11.1 Å². The smallest absolute Gasteiger partial charge is 0.335 e.